The van der Waals surface area contributed by atoms with Crippen molar-refractivity contribution in [1.29, 1.82) is 0 Å². The van der Waals surface area contributed by atoms with E-state index in [4.69, 9.17) is 0 Å². The topological polar surface area (TPSA) is 52.6 Å². The molecule has 16 heavy (non-hydrogen) atoms. The molecular weight excluding hydrogens is 204 g/mol. The van der Waals surface area contributed by atoms with Gasteiger partial charge in [-0.15, -0.1) is 0 Å². The zero-order valence-corrected chi connectivity index (χ0v) is 10.5. The van der Waals surface area contributed by atoms with E-state index in [0.29, 0.717) is 13.0 Å². The van der Waals surface area contributed by atoms with Crippen LogP contribution in [0.2, 0.25) is 0 Å². The van der Waals surface area contributed by atoms with E-state index in [9.17, 15) is 9.90 Å². The highest BCUT2D eigenvalue weighted by molar-refractivity contribution is 5.75. The Bertz CT molecular complexity index is 229. The molecule has 1 rings (SSSR count). The smallest absolute Gasteiger partial charge is 0.221 e. The van der Waals surface area contributed by atoms with Crippen LogP contribution in [-0.4, -0.2) is 47.7 Å². The van der Waals surface area contributed by atoms with Gasteiger partial charge in [-0.25, -0.2) is 0 Å². The Labute approximate surface area is 98.0 Å². The lowest BCUT2D eigenvalue weighted by molar-refractivity contribution is -0.121. The van der Waals surface area contributed by atoms with E-state index in [-0.39, 0.29) is 5.91 Å². The lowest BCUT2D eigenvalue weighted by atomic mass is 9.98. The quantitative estimate of drug-likeness (QED) is 0.746. The summed E-state index contributed by atoms with van der Waals surface area (Å²) in [7, 11) is 0. The molecule has 0 radical (unpaired) electrons. The molecule has 0 bridgehead atoms. The lowest BCUT2D eigenvalue weighted by Gasteiger charge is -2.22. The first-order valence-electron chi connectivity index (χ1n) is 6.25. The molecule has 0 spiro atoms. The predicted octanol–water partition coefficient (Wildman–Crippen LogP) is 0.749. The van der Waals surface area contributed by atoms with Crippen molar-refractivity contribution in [3.8, 4) is 0 Å². The van der Waals surface area contributed by atoms with Crippen LogP contribution >= 0.6 is 0 Å². The van der Waals surface area contributed by atoms with Crippen molar-refractivity contribution >= 4 is 5.91 Å². The minimum absolute atomic E-state index is 0.124. The van der Waals surface area contributed by atoms with Crippen molar-refractivity contribution in [1.82, 2.24) is 10.2 Å². The largest absolute Gasteiger partial charge is 0.390 e. The number of carbonyl (C=O) groups excluding carboxylic acids is 1. The van der Waals surface area contributed by atoms with Gasteiger partial charge < -0.3 is 15.3 Å². The fraction of sp³-hybridized carbons (Fsp3) is 0.917. The minimum Gasteiger partial charge on any atom is -0.390 e. The first-order valence-corrected chi connectivity index (χ1v) is 6.25. The molecular formula is C12H24N2O2. The number of rotatable bonds is 4. The van der Waals surface area contributed by atoms with Crippen molar-refractivity contribution in [2.75, 3.05) is 26.2 Å². The monoisotopic (exact) mass is 228 g/mol. The van der Waals surface area contributed by atoms with Gasteiger partial charge in [0.1, 0.15) is 0 Å². The van der Waals surface area contributed by atoms with Gasteiger partial charge in [0.2, 0.25) is 5.91 Å². The van der Waals surface area contributed by atoms with Crippen LogP contribution in [-0.2, 0) is 4.79 Å². The molecule has 1 fully saturated rings. The Morgan fingerprint density at radius 3 is 2.88 bits per heavy atom. The van der Waals surface area contributed by atoms with Crippen LogP contribution in [0.1, 0.15) is 39.5 Å². The van der Waals surface area contributed by atoms with E-state index in [2.05, 4.69) is 10.2 Å². The van der Waals surface area contributed by atoms with Crippen LogP contribution in [0.3, 0.4) is 0 Å². The molecule has 1 heterocycles. The van der Waals surface area contributed by atoms with Crippen LogP contribution in [0.4, 0.5) is 0 Å². The molecule has 0 aromatic carbocycles. The number of likely N-dealkylation sites (tertiary alicyclic amines) is 1. The number of nitrogens with zero attached hydrogens (tertiary/aromatic N) is 1. The van der Waals surface area contributed by atoms with Crippen molar-refractivity contribution in [3.05, 3.63) is 0 Å². The van der Waals surface area contributed by atoms with Gasteiger partial charge in [-0.1, -0.05) is 0 Å². The van der Waals surface area contributed by atoms with Gasteiger partial charge in [-0.2, -0.15) is 0 Å². The minimum atomic E-state index is -0.513. The number of nitrogens with one attached hydrogen (secondary N) is 1. The summed E-state index contributed by atoms with van der Waals surface area (Å²) < 4.78 is 0. The van der Waals surface area contributed by atoms with Crippen LogP contribution in [0.5, 0.6) is 0 Å². The summed E-state index contributed by atoms with van der Waals surface area (Å²) in [6, 6.07) is 0. The fourth-order valence-corrected chi connectivity index (χ4v) is 2.09. The third kappa shape index (κ3) is 4.94. The molecule has 0 saturated carbocycles. The standard InChI is InChI=1S/C12H24N2O2/c1-3-13-11(15)5-9-14-8-4-6-12(2,16)7-10-14/h16H,3-10H2,1-2H3,(H,13,15). The van der Waals surface area contributed by atoms with Gasteiger partial charge in [0, 0.05) is 26.1 Å². The second kappa shape index (κ2) is 6.21. The highest BCUT2D eigenvalue weighted by Crippen LogP contribution is 2.21. The van der Waals surface area contributed by atoms with E-state index in [1.165, 1.54) is 0 Å². The van der Waals surface area contributed by atoms with Crippen molar-refractivity contribution in [3.63, 3.8) is 0 Å². The highest BCUT2D eigenvalue weighted by atomic mass is 16.3. The molecule has 4 nitrogen and oxygen atoms in total. The summed E-state index contributed by atoms with van der Waals surface area (Å²) in [5.41, 5.74) is -0.513. The van der Waals surface area contributed by atoms with Gasteiger partial charge in [0.25, 0.3) is 0 Å². The van der Waals surface area contributed by atoms with Gasteiger partial charge in [-0.3, -0.25) is 4.79 Å². The van der Waals surface area contributed by atoms with Crippen molar-refractivity contribution < 1.29 is 9.90 Å². The molecule has 4 heteroatoms. The first kappa shape index (κ1) is 13.5. The summed E-state index contributed by atoms with van der Waals surface area (Å²) in [5.74, 6) is 0.124. The van der Waals surface area contributed by atoms with Gasteiger partial charge in [0.05, 0.1) is 5.60 Å². The lowest BCUT2D eigenvalue weighted by Crippen LogP contribution is -2.32. The maximum absolute atomic E-state index is 11.3. The fourth-order valence-electron chi connectivity index (χ4n) is 2.09. The van der Waals surface area contributed by atoms with E-state index in [1.807, 2.05) is 13.8 Å². The summed E-state index contributed by atoms with van der Waals surface area (Å²) in [6.45, 7) is 7.23. The normalized spacial score (nSPS) is 27.4. The van der Waals surface area contributed by atoms with E-state index in [0.717, 1.165) is 38.9 Å². The number of hydrogen-bond acceptors (Lipinski definition) is 3. The SMILES string of the molecule is CCNC(=O)CCN1CCCC(C)(O)CC1. The Hall–Kier alpha value is -0.610. The maximum atomic E-state index is 11.3. The average molecular weight is 228 g/mol. The molecule has 94 valence electrons. The third-order valence-electron chi connectivity index (χ3n) is 3.19. The summed E-state index contributed by atoms with van der Waals surface area (Å²) in [5, 5.41) is 12.7. The Morgan fingerprint density at radius 1 is 1.44 bits per heavy atom. The second-order valence-electron chi connectivity index (χ2n) is 4.90. The van der Waals surface area contributed by atoms with Crippen molar-refractivity contribution in [2.24, 2.45) is 0 Å². The first-order chi connectivity index (χ1) is 7.53. The molecule has 1 saturated heterocycles. The average Bonchev–Trinajstić information content (AvgIpc) is 2.37. The number of aliphatic hydroxyl groups is 1. The van der Waals surface area contributed by atoms with Gasteiger partial charge >= 0.3 is 0 Å². The molecule has 1 amide bonds. The summed E-state index contributed by atoms with van der Waals surface area (Å²) >= 11 is 0. The van der Waals surface area contributed by atoms with Crippen LogP contribution in [0.25, 0.3) is 0 Å². The second-order valence-corrected chi connectivity index (χ2v) is 4.90. The van der Waals surface area contributed by atoms with Crippen LogP contribution in [0.15, 0.2) is 0 Å². The predicted molar refractivity (Wildman–Crippen MR) is 64.2 cm³/mol. The number of hydrogen-bond donors (Lipinski definition) is 2. The molecule has 0 aliphatic carbocycles. The van der Waals surface area contributed by atoms with Crippen molar-refractivity contribution in [2.45, 2.75) is 45.1 Å². The zero-order valence-electron chi connectivity index (χ0n) is 10.5. The molecule has 0 aromatic heterocycles. The van der Waals surface area contributed by atoms with Gasteiger partial charge in [-0.05, 0) is 39.7 Å². The third-order valence-corrected chi connectivity index (χ3v) is 3.19. The Morgan fingerprint density at radius 2 is 2.19 bits per heavy atom. The molecule has 1 atom stereocenters. The van der Waals surface area contributed by atoms with E-state index >= 15 is 0 Å². The zero-order chi connectivity index (χ0) is 12.0. The molecule has 2 N–H and O–H groups in total. The Kier molecular flexibility index (Phi) is 5.22. The molecule has 0 aromatic rings. The molecule has 1 unspecified atom stereocenters. The number of amides is 1. The maximum Gasteiger partial charge on any atom is 0.221 e. The van der Waals surface area contributed by atoms with Crippen LogP contribution in [0, 0.1) is 0 Å². The summed E-state index contributed by atoms with van der Waals surface area (Å²) in [6.07, 6.45) is 3.26. The Balaban J connectivity index is 2.25. The molecule has 1 aliphatic rings. The summed E-state index contributed by atoms with van der Waals surface area (Å²) in [4.78, 5) is 13.6. The van der Waals surface area contributed by atoms with Gasteiger partial charge in [0.15, 0.2) is 0 Å². The van der Waals surface area contributed by atoms with E-state index in [1.54, 1.807) is 0 Å². The van der Waals surface area contributed by atoms with E-state index < -0.39 is 5.60 Å². The number of carbonyl (C=O) groups is 1. The highest BCUT2D eigenvalue weighted by Gasteiger charge is 2.24. The molecule has 1 aliphatic heterocycles. The van der Waals surface area contributed by atoms with Crippen LogP contribution < -0.4 is 5.32 Å².